The maximum atomic E-state index is 6.75. The van der Waals surface area contributed by atoms with Gasteiger partial charge in [0.15, 0.2) is 8.07 Å². The van der Waals surface area contributed by atoms with Crippen molar-refractivity contribution in [2.75, 3.05) is 4.90 Å². The highest BCUT2D eigenvalue weighted by Gasteiger charge is 2.53. The van der Waals surface area contributed by atoms with E-state index in [1.807, 2.05) is 12.1 Å². The summed E-state index contributed by atoms with van der Waals surface area (Å²) in [5.74, 6) is 1.94. The number of para-hydroxylation sites is 3. The lowest BCUT2D eigenvalue weighted by atomic mass is 9.98. The average molecular weight is 914 g/mol. The maximum Gasteiger partial charge on any atom is 0.188 e. The molecule has 0 fully saturated rings. The molecule has 12 aromatic rings. The van der Waals surface area contributed by atoms with Crippen molar-refractivity contribution in [3.05, 3.63) is 255 Å². The highest BCUT2D eigenvalue weighted by atomic mass is 28.3. The Labute approximate surface area is 403 Å². The summed E-state index contributed by atoms with van der Waals surface area (Å²) in [7, 11) is -4.79. The Hall–Kier alpha value is -8.49. The van der Waals surface area contributed by atoms with E-state index >= 15 is 0 Å². The number of hydrogen-bond acceptors (Lipinski definition) is 3. The summed E-state index contributed by atoms with van der Waals surface area (Å²) in [6, 6.07) is 93.9. The molecule has 1 spiro atoms. The number of nitrogens with zero attached hydrogens (tertiary/aromatic N) is 1. The summed E-state index contributed by atoms with van der Waals surface area (Å²) < 4.78 is 13.2. The van der Waals surface area contributed by atoms with Gasteiger partial charge < -0.3 is 14.1 Å². The minimum absolute atomic E-state index is 0.867. The summed E-state index contributed by atoms with van der Waals surface area (Å²) in [5.41, 5.74) is 9.74. The summed E-state index contributed by atoms with van der Waals surface area (Å²) in [6.07, 6.45) is 0. The molecule has 11 aromatic carbocycles. The van der Waals surface area contributed by atoms with Gasteiger partial charge in [0.2, 0.25) is 0 Å². The Kier molecular flexibility index (Phi) is 9.09. The Morgan fingerprint density at radius 2 is 0.913 bits per heavy atom. The number of fused-ring (bicyclic) bond motifs is 12. The van der Waals surface area contributed by atoms with Crippen LogP contribution in [0.1, 0.15) is 0 Å². The van der Waals surface area contributed by atoms with E-state index in [4.69, 9.17) is 9.15 Å². The van der Waals surface area contributed by atoms with Crippen LogP contribution in [0.2, 0.25) is 0 Å². The number of hydrogen-bond donors (Lipinski definition) is 0. The van der Waals surface area contributed by atoms with Crippen LogP contribution in [0.3, 0.4) is 0 Å². The van der Waals surface area contributed by atoms with Crippen LogP contribution >= 0.6 is 0 Å². The molecule has 2 aliphatic rings. The van der Waals surface area contributed by atoms with Gasteiger partial charge in [-0.05, 0) is 108 Å². The molecule has 1 atom stereocenters. The fraction of sp³-hybridized carbons (Fsp3) is 0. The first-order valence-corrected chi connectivity index (χ1v) is 27.5. The molecule has 3 nitrogen and oxygen atoms in total. The number of benzene rings is 11. The fourth-order valence-corrected chi connectivity index (χ4v) is 22.1. The zero-order valence-electron chi connectivity index (χ0n) is 37.6. The molecular formula is C64H43NO2Si2. The molecule has 0 bridgehead atoms. The second kappa shape index (κ2) is 15.8. The van der Waals surface area contributed by atoms with Crippen molar-refractivity contribution >= 4 is 103 Å². The summed E-state index contributed by atoms with van der Waals surface area (Å²) in [6.45, 7) is 0. The average Bonchev–Trinajstić information content (AvgIpc) is 3.79. The molecule has 0 saturated heterocycles. The van der Waals surface area contributed by atoms with E-state index in [0.717, 1.165) is 50.5 Å². The molecule has 1 unspecified atom stereocenters. The molecule has 0 N–H and O–H groups in total. The highest BCUT2D eigenvalue weighted by Crippen LogP contribution is 2.41. The van der Waals surface area contributed by atoms with Crippen LogP contribution in [0.4, 0.5) is 17.1 Å². The van der Waals surface area contributed by atoms with Crippen molar-refractivity contribution in [2.45, 2.75) is 0 Å². The smallest absolute Gasteiger partial charge is 0.188 e. The number of ether oxygens (including phenoxy) is 1. The largest absolute Gasteiger partial charge is 0.458 e. The van der Waals surface area contributed by atoms with Crippen molar-refractivity contribution in [1.82, 2.24) is 0 Å². The van der Waals surface area contributed by atoms with Crippen LogP contribution in [0.25, 0.3) is 55.0 Å². The molecule has 324 valence electrons. The van der Waals surface area contributed by atoms with Crippen LogP contribution < -0.4 is 45.9 Å². The lowest BCUT2D eigenvalue weighted by Crippen LogP contribution is -2.87. The maximum absolute atomic E-state index is 6.75. The summed E-state index contributed by atoms with van der Waals surface area (Å²) in [4.78, 5) is 2.35. The number of furan rings is 1. The lowest BCUT2D eigenvalue weighted by Gasteiger charge is -2.46. The van der Waals surface area contributed by atoms with Crippen LogP contribution in [0, 0.1) is 0 Å². The third kappa shape index (κ3) is 6.18. The first-order valence-electron chi connectivity index (χ1n) is 23.8. The molecule has 0 amide bonds. The SMILES string of the molecule is c1ccc([SiH]2c3ccccc3[Si]3(c4ccccc4Oc4ccccc43)c3ccc(-c4ccc(N(c5ccc(-c6cccc7ccccc67)cc5)c5ccc6c(c5)oc5ccccc56)cc4)cc32)cc1. The normalized spacial score (nSPS) is 14.2. The monoisotopic (exact) mass is 913 g/mol. The van der Waals surface area contributed by atoms with Gasteiger partial charge in [-0.15, -0.1) is 0 Å². The minimum Gasteiger partial charge on any atom is -0.458 e. The van der Waals surface area contributed by atoms with E-state index in [1.165, 1.54) is 69.3 Å². The van der Waals surface area contributed by atoms with Crippen molar-refractivity contribution in [2.24, 2.45) is 0 Å². The second-order valence-electron chi connectivity index (χ2n) is 18.3. The van der Waals surface area contributed by atoms with E-state index in [2.05, 4.69) is 248 Å². The molecule has 0 saturated carbocycles. The van der Waals surface area contributed by atoms with Gasteiger partial charge in [-0.3, -0.25) is 0 Å². The third-order valence-corrected chi connectivity index (χ3v) is 23.5. The van der Waals surface area contributed by atoms with Gasteiger partial charge in [-0.2, -0.15) is 0 Å². The first kappa shape index (κ1) is 39.7. The molecule has 1 aromatic heterocycles. The number of rotatable bonds is 6. The van der Waals surface area contributed by atoms with Gasteiger partial charge in [0.1, 0.15) is 31.5 Å². The van der Waals surface area contributed by atoms with Crippen molar-refractivity contribution in [3.8, 4) is 33.8 Å². The van der Waals surface area contributed by atoms with E-state index in [0.29, 0.717) is 0 Å². The second-order valence-corrected chi connectivity index (χ2v) is 24.7. The van der Waals surface area contributed by atoms with Crippen LogP contribution in [0.5, 0.6) is 11.5 Å². The van der Waals surface area contributed by atoms with Crippen molar-refractivity contribution in [1.29, 1.82) is 0 Å². The van der Waals surface area contributed by atoms with Gasteiger partial charge in [0.05, 0.1) is 0 Å². The Balaban J connectivity index is 0.919. The minimum atomic E-state index is -2.82. The van der Waals surface area contributed by atoms with E-state index in [9.17, 15) is 0 Å². The zero-order valence-corrected chi connectivity index (χ0v) is 39.7. The summed E-state index contributed by atoms with van der Waals surface area (Å²) >= 11 is 0. The zero-order chi connectivity index (χ0) is 45.5. The molecule has 0 radical (unpaired) electrons. The molecule has 14 rings (SSSR count). The third-order valence-electron chi connectivity index (χ3n) is 14.7. The molecule has 3 heterocycles. The van der Waals surface area contributed by atoms with Crippen LogP contribution in [0.15, 0.2) is 259 Å². The molecule has 5 heteroatoms. The Bertz CT molecular complexity index is 3900. The van der Waals surface area contributed by atoms with Gasteiger partial charge >= 0.3 is 0 Å². The Morgan fingerprint density at radius 1 is 0.348 bits per heavy atom. The predicted octanol–water partition coefficient (Wildman–Crippen LogP) is 11.6. The van der Waals surface area contributed by atoms with Gasteiger partial charge in [-0.1, -0.05) is 210 Å². The fourth-order valence-electron chi connectivity index (χ4n) is 11.7. The number of anilines is 3. The topological polar surface area (TPSA) is 25.6 Å². The summed E-state index contributed by atoms with van der Waals surface area (Å²) in [5, 5.41) is 14.8. The molecule has 0 aliphatic carbocycles. The van der Waals surface area contributed by atoms with Gasteiger partial charge in [0.25, 0.3) is 0 Å². The van der Waals surface area contributed by atoms with E-state index in [-0.39, 0.29) is 0 Å². The quantitative estimate of drug-likeness (QED) is 0.155. The van der Waals surface area contributed by atoms with Gasteiger partial charge in [-0.25, -0.2) is 0 Å². The Morgan fingerprint density at radius 3 is 1.68 bits per heavy atom. The van der Waals surface area contributed by atoms with E-state index < -0.39 is 16.9 Å². The predicted molar refractivity (Wildman–Crippen MR) is 293 cm³/mol. The van der Waals surface area contributed by atoms with Crippen molar-refractivity contribution in [3.63, 3.8) is 0 Å². The van der Waals surface area contributed by atoms with Crippen LogP contribution in [-0.4, -0.2) is 16.9 Å². The molecular weight excluding hydrogens is 871 g/mol. The lowest BCUT2D eigenvalue weighted by molar-refractivity contribution is 0.487. The highest BCUT2D eigenvalue weighted by molar-refractivity contribution is 7.27. The van der Waals surface area contributed by atoms with E-state index in [1.54, 1.807) is 0 Å². The molecule has 69 heavy (non-hydrogen) atoms. The standard InChI is InChI=1S/C64H43NO2Si2/c1-2-17-50(18-3-1)68-59-25-10-13-28-63(59)69(61-26-11-8-23-56(61)67-57-24-9-12-27-62(57)69)64-40-33-46(41-60(64)68)43-29-34-47(35-30-43)65(49-38-39-54-53-20-6-7-22-55(53)66-58(54)42-49)48-36-31-45(32-37-48)52-21-14-16-44-15-4-5-19-51(44)52/h1-42,68H. The van der Waals surface area contributed by atoms with Gasteiger partial charge in [0, 0.05) is 33.9 Å². The molecule has 2 aliphatic heterocycles. The van der Waals surface area contributed by atoms with Crippen LogP contribution in [-0.2, 0) is 0 Å². The van der Waals surface area contributed by atoms with Crippen molar-refractivity contribution < 1.29 is 9.15 Å². The first-order chi connectivity index (χ1) is 34.2.